The number of aromatic nitrogens is 2. The van der Waals surface area contributed by atoms with Crippen LogP contribution in [0.3, 0.4) is 0 Å². The molecule has 2 aromatic carbocycles. The van der Waals surface area contributed by atoms with Gasteiger partial charge in [-0.1, -0.05) is 18.2 Å². The minimum atomic E-state index is -0.271. The topological polar surface area (TPSA) is 81.7 Å². The number of piperazine rings is 1. The zero-order valence-electron chi connectivity index (χ0n) is 18.4. The van der Waals surface area contributed by atoms with E-state index < -0.39 is 0 Å². The SMILES string of the molecule is COCc1cc(CN2CCN(C(C)C)CC2)ccc1-c1cc(O)c2nc[nH]c(=O)c2c1. The molecule has 0 saturated carbocycles. The van der Waals surface area contributed by atoms with Crippen molar-refractivity contribution in [2.75, 3.05) is 33.3 Å². The van der Waals surface area contributed by atoms with Gasteiger partial charge >= 0.3 is 0 Å². The molecule has 0 spiro atoms. The van der Waals surface area contributed by atoms with Crippen LogP contribution < -0.4 is 5.56 Å². The van der Waals surface area contributed by atoms with Gasteiger partial charge in [-0.3, -0.25) is 14.6 Å². The highest BCUT2D eigenvalue weighted by Gasteiger charge is 2.19. The zero-order chi connectivity index (χ0) is 22.0. The first kappa shape index (κ1) is 21.5. The number of H-pyrrole nitrogens is 1. The third-order valence-corrected chi connectivity index (χ3v) is 6.05. The van der Waals surface area contributed by atoms with Crippen molar-refractivity contribution in [1.29, 1.82) is 0 Å². The van der Waals surface area contributed by atoms with Gasteiger partial charge in [0, 0.05) is 45.9 Å². The number of nitrogens with one attached hydrogen (secondary N) is 1. The molecule has 7 heteroatoms. The Morgan fingerprint density at radius 1 is 1.16 bits per heavy atom. The molecular formula is C24H30N4O3. The van der Waals surface area contributed by atoms with Crippen LogP contribution in [0.15, 0.2) is 41.5 Å². The summed E-state index contributed by atoms with van der Waals surface area (Å²) in [5.41, 5.74) is 4.01. The number of ether oxygens (including phenoxy) is 1. The first-order valence-corrected chi connectivity index (χ1v) is 10.7. The predicted octanol–water partition coefficient (Wildman–Crippen LogP) is 2.97. The van der Waals surface area contributed by atoms with Crippen LogP contribution in [0.5, 0.6) is 5.75 Å². The van der Waals surface area contributed by atoms with Gasteiger partial charge in [0.05, 0.1) is 18.3 Å². The summed E-state index contributed by atoms with van der Waals surface area (Å²) in [5, 5.41) is 10.8. The fourth-order valence-electron chi connectivity index (χ4n) is 4.31. The van der Waals surface area contributed by atoms with Crippen LogP contribution in [0.4, 0.5) is 0 Å². The van der Waals surface area contributed by atoms with Crippen LogP contribution >= 0.6 is 0 Å². The Labute approximate surface area is 182 Å². The molecule has 1 aromatic heterocycles. The summed E-state index contributed by atoms with van der Waals surface area (Å²) in [4.78, 5) is 23.9. The zero-order valence-corrected chi connectivity index (χ0v) is 18.4. The summed E-state index contributed by atoms with van der Waals surface area (Å²) in [6.45, 7) is 10.2. The number of phenols is 1. The molecule has 1 aliphatic rings. The monoisotopic (exact) mass is 422 g/mol. The predicted molar refractivity (Wildman–Crippen MR) is 122 cm³/mol. The van der Waals surface area contributed by atoms with E-state index in [-0.39, 0.29) is 11.3 Å². The van der Waals surface area contributed by atoms with Crippen LogP contribution in [-0.2, 0) is 17.9 Å². The molecule has 0 radical (unpaired) electrons. The minimum Gasteiger partial charge on any atom is -0.506 e. The molecule has 0 aliphatic carbocycles. The van der Waals surface area contributed by atoms with Crippen molar-refractivity contribution in [2.24, 2.45) is 0 Å². The van der Waals surface area contributed by atoms with Crippen molar-refractivity contribution in [3.63, 3.8) is 0 Å². The third kappa shape index (κ3) is 4.63. The Morgan fingerprint density at radius 3 is 2.65 bits per heavy atom. The average Bonchev–Trinajstić information content (AvgIpc) is 2.75. The van der Waals surface area contributed by atoms with Crippen molar-refractivity contribution in [3.05, 3.63) is 58.1 Å². The van der Waals surface area contributed by atoms with Gasteiger partial charge in [-0.2, -0.15) is 0 Å². The van der Waals surface area contributed by atoms with E-state index in [4.69, 9.17) is 4.74 Å². The summed E-state index contributed by atoms with van der Waals surface area (Å²) < 4.78 is 5.45. The number of benzene rings is 2. The maximum Gasteiger partial charge on any atom is 0.258 e. The van der Waals surface area contributed by atoms with Gasteiger partial charge in [0.1, 0.15) is 11.3 Å². The van der Waals surface area contributed by atoms with E-state index in [1.165, 1.54) is 11.9 Å². The van der Waals surface area contributed by atoms with Gasteiger partial charge < -0.3 is 14.8 Å². The molecule has 0 atom stereocenters. The number of hydrogen-bond donors (Lipinski definition) is 2. The number of hydrogen-bond acceptors (Lipinski definition) is 6. The molecule has 4 rings (SSSR count). The van der Waals surface area contributed by atoms with Crippen LogP contribution in [0, 0.1) is 0 Å². The fourth-order valence-corrected chi connectivity index (χ4v) is 4.31. The van der Waals surface area contributed by atoms with Crippen molar-refractivity contribution in [2.45, 2.75) is 33.0 Å². The number of fused-ring (bicyclic) bond motifs is 1. The normalized spacial score (nSPS) is 15.7. The summed E-state index contributed by atoms with van der Waals surface area (Å²) >= 11 is 0. The lowest BCUT2D eigenvalue weighted by molar-refractivity contribution is 0.104. The summed E-state index contributed by atoms with van der Waals surface area (Å²) in [7, 11) is 1.67. The second-order valence-corrected chi connectivity index (χ2v) is 8.45. The van der Waals surface area contributed by atoms with Gasteiger partial charge in [0.25, 0.3) is 5.56 Å². The number of aromatic hydroxyl groups is 1. The maximum absolute atomic E-state index is 12.2. The first-order valence-electron chi connectivity index (χ1n) is 10.7. The fraction of sp³-hybridized carbons (Fsp3) is 0.417. The standard InChI is InChI=1S/C24H30N4O3/c1-16(2)28-8-6-27(7-9-28)13-17-4-5-20(19(10-17)14-31-3)18-11-21-23(22(29)12-18)25-15-26-24(21)30/h4-5,10-12,15-16,29H,6-9,13-14H2,1-3H3,(H,25,26,30). The molecule has 2 N–H and O–H groups in total. The van der Waals surface area contributed by atoms with E-state index in [9.17, 15) is 9.90 Å². The lowest BCUT2D eigenvalue weighted by Crippen LogP contribution is -2.48. The molecule has 3 aromatic rings. The van der Waals surface area contributed by atoms with E-state index in [0.717, 1.165) is 49.4 Å². The largest absolute Gasteiger partial charge is 0.506 e. The molecule has 1 aliphatic heterocycles. The summed E-state index contributed by atoms with van der Waals surface area (Å²) in [6, 6.07) is 10.4. The van der Waals surface area contributed by atoms with Gasteiger partial charge in [-0.05, 0) is 48.2 Å². The number of nitrogens with zero attached hydrogens (tertiary/aromatic N) is 3. The van der Waals surface area contributed by atoms with Crippen molar-refractivity contribution >= 4 is 10.9 Å². The Hall–Kier alpha value is -2.74. The van der Waals surface area contributed by atoms with Crippen molar-refractivity contribution in [1.82, 2.24) is 19.8 Å². The number of aromatic amines is 1. The highest BCUT2D eigenvalue weighted by atomic mass is 16.5. The number of phenolic OH excluding ortho intramolecular Hbond substituents is 1. The van der Waals surface area contributed by atoms with E-state index in [0.29, 0.717) is 23.6 Å². The number of rotatable bonds is 6. The van der Waals surface area contributed by atoms with Gasteiger partial charge in [-0.15, -0.1) is 0 Å². The van der Waals surface area contributed by atoms with Crippen LogP contribution in [0.1, 0.15) is 25.0 Å². The van der Waals surface area contributed by atoms with Crippen LogP contribution in [0.25, 0.3) is 22.0 Å². The molecule has 0 amide bonds. The van der Waals surface area contributed by atoms with Gasteiger partial charge in [0.15, 0.2) is 0 Å². The van der Waals surface area contributed by atoms with E-state index >= 15 is 0 Å². The van der Waals surface area contributed by atoms with Gasteiger partial charge in [0.2, 0.25) is 0 Å². The highest BCUT2D eigenvalue weighted by molar-refractivity contribution is 5.89. The van der Waals surface area contributed by atoms with Crippen molar-refractivity contribution < 1.29 is 9.84 Å². The Bertz CT molecular complexity index is 1120. The minimum absolute atomic E-state index is 0.00549. The second-order valence-electron chi connectivity index (χ2n) is 8.45. The highest BCUT2D eigenvalue weighted by Crippen LogP contribution is 2.32. The van der Waals surface area contributed by atoms with Crippen LogP contribution in [0.2, 0.25) is 0 Å². The lowest BCUT2D eigenvalue weighted by atomic mass is 9.96. The summed E-state index contributed by atoms with van der Waals surface area (Å²) in [5.74, 6) is -0.00549. The Balaban J connectivity index is 1.62. The molecule has 1 saturated heterocycles. The first-order chi connectivity index (χ1) is 15.0. The molecule has 0 bridgehead atoms. The number of methoxy groups -OCH3 is 1. The molecule has 2 heterocycles. The Morgan fingerprint density at radius 2 is 1.94 bits per heavy atom. The molecule has 0 unspecified atom stereocenters. The van der Waals surface area contributed by atoms with Crippen molar-refractivity contribution in [3.8, 4) is 16.9 Å². The average molecular weight is 423 g/mol. The van der Waals surface area contributed by atoms with E-state index in [1.807, 2.05) is 0 Å². The van der Waals surface area contributed by atoms with Crippen LogP contribution in [-0.4, -0.2) is 64.2 Å². The molecule has 7 nitrogen and oxygen atoms in total. The molecule has 1 fully saturated rings. The van der Waals surface area contributed by atoms with Gasteiger partial charge in [-0.25, -0.2) is 4.98 Å². The Kier molecular flexibility index (Phi) is 6.36. The quantitative estimate of drug-likeness (QED) is 0.636. The second kappa shape index (κ2) is 9.18. The lowest BCUT2D eigenvalue weighted by Gasteiger charge is -2.37. The summed E-state index contributed by atoms with van der Waals surface area (Å²) in [6.07, 6.45) is 1.30. The molecule has 164 valence electrons. The van der Waals surface area contributed by atoms with E-state index in [2.05, 4.69) is 51.8 Å². The third-order valence-electron chi connectivity index (χ3n) is 6.05. The maximum atomic E-state index is 12.2. The van der Waals surface area contributed by atoms with E-state index in [1.54, 1.807) is 19.2 Å². The molecule has 31 heavy (non-hydrogen) atoms. The smallest absolute Gasteiger partial charge is 0.258 e. The molecular weight excluding hydrogens is 392 g/mol.